The number of methoxy groups -OCH3 is 2. The Kier molecular flexibility index (Phi) is 4.97. The highest BCUT2D eigenvalue weighted by molar-refractivity contribution is 5.87. The van der Waals surface area contributed by atoms with Crippen LogP contribution in [0.25, 0.3) is 10.9 Å². The molecule has 0 atom stereocenters. The molecule has 0 spiro atoms. The summed E-state index contributed by atoms with van der Waals surface area (Å²) in [6.07, 6.45) is 3.98. The Labute approximate surface area is 162 Å². The van der Waals surface area contributed by atoms with E-state index >= 15 is 0 Å². The van der Waals surface area contributed by atoms with Crippen LogP contribution in [-0.4, -0.2) is 36.1 Å². The van der Waals surface area contributed by atoms with E-state index in [1.807, 2.05) is 24.3 Å². The van der Waals surface area contributed by atoms with Gasteiger partial charge in [0.1, 0.15) is 12.1 Å². The van der Waals surface area contributed by atoms with Crippen LogP contribution in [0.3, 0.4) is 0 Å². The molecule has 1 saturated carbocycles. The third kappa shape index (κ3) is 3.98. The van der Waals surface area contributed by atoms with Crippen LogP contribution >= 0.6 is 0 Å². The minimum absolute atomic E-state index is 0.0546. The lowest BCUT2D eigenvalue weighted by atomic mass is 10.1. The van der Waals surface area contributed by atoms with E-state index < -0.39 is 0 Å². The number of aromatic nitrogens is 2. The second-order valence-electron chi connectivity index (χ2n) is 6.67. The molecule has 1 aliphatic rings. The van der Waals surface area contributed by atoms with Gasteiger partial charge in [-0.05, 0) is 36.6 Å². The fourth-order valence-corrected chi connectivity index (χ4v) is 2.92. The van der Waals surface area contributed by atoms with Crippen molar-refractivity contribution >= 4 is 16.8 Å². The summed E-state index contributed by atoms with van der Waals surface area (Å²) in [7, 11) is 3.15. The number of hydrogen-bond acceptors (Lipinski definition) is 6. The number of fused-ring (bicyclic) bond motifs is 1. The summed E-state index contributed by atoms with van der Waals surface area (Å²) in [5, 5.41) is 3.70. The van der Waals surface area contributed by atoms with Gasteiger partial charge in [-0.1, -0.05) is 12.1 Å². The average Bonchev–Trinajstić information content (AvgIpc) is 3.52. The van der Waals surface area contributed by atoms with Crippen molar-refractivity contribution in [2.45, 2.75) is 25.3 Å². The molecule has 0 unspecified atom stereocenters. The number of hydrogen-bond donors (Lipinski definition) is 1. The molecule has 0 saturated heterocycles. The molecule has 1 amide bonds. The van der Waals surface area contributed by atoms with Crippen molar-refractivity contribution in [3.63, 3.8) is 0 Å². The maximum atomic E-state index is 11.9. The lowest BCUT2D eigenvalue weighted by molar-refractivity contribution is -0.120. The molecule has 28 heavy (non-hydrogen) atoms. The zero-order chi connectivity index (χ0) is 19.5. The normalized spacial score (nSPS) is 13.2. The number of carbonyl (C=O) groups excluding carboxylic acids is 1. The molecule has 144 valence electrons. The standard InChI is InChI=1S/C21H21N3O4/c1-26-18-10-16-17(11-19(18)27-2)22-12-23-21(16)28-15-7-3-13(4-8-15)9-20(25)24-14-5-6-14/h3-4,7-8,10-12,14H,5-6,9H2,1-2H3,(H,24,25). The Balaban J connectivity index is 1.53. The van der Waals surface area contributed by atoms with Gasteiger partial charge in [0, 0.05) is 12.1 Å². The lowest BCUT2D eigenvalue weighted by Gasteiger charge is -2.11. The highest BCUT2D eigenvalue weighted by atomic mass is 16.5. The Morgan fingerprint density at radius 3 is 2.46 bits per heavy atom. The Morgan fingerprint density at radius 1 is 1.07 bits per heavy atom. The number of ether oxygens (including phenoxy) is 3. The average molecular weight is 379 g/mol. The van der Waals surface area contributed by atoms with Crippen LogP contribution in [0.5, 0.6) is 23.1 Å². The van der Waals surface area contributed by atoms with E-state index in [1.165, 1.54) is 6.33 Å². The van der Waals surface area contributed by atoms with Gasteiger partial charge < -0.3 is 19.5 Å². The van der Waals surface area contributed by atoms with Gasteiger partial charge in [-0.15, -0.1) is 0 Å². The Hall–Kier alpha value is -3.35. The van der Waals surface area contributed by atoms with Crippen molar-refractivity contribution in [3.8, 4) is 23.1 Å². The van der Waals surface area contributed by atoms with Crippen molar-refractivity contribution < 1.29 is 19.0 Å². The molecule has 0 aliphatic heterocycles. The Morgan fingerprint density at radius 2 is 1.79 bits per heavy atom. The van der Waals surface area contributed by atoms with Gasteiger partial charge in [-0.25, -0.2) is 9.97 Å². The van der Waals surface area contributed by atoms with Gasteiger partial charge in [0.2, 0.25) is 11.8 Å². The molecule has 1 heterocycles. The zero-order valence-corrected chi connectivity index (χ0v) is 15.8. The highest BCUT2D eigenvalue weighted by Gasteiger charge is 2.23. The minimum Gasteiger partial charge on any atom is -0.493 e. The first-order valence-corrected chi connectivity index (χ1v) is 9.09. The molecule has 1 fully saturated rings. The maximum Gasteiger partial charge on any atom is 0.230 e. The van der Waals surface area contributed by atoms with Crippen LogP contribution in [-0.2, 0) is 11.2 Å². The quantitative estimate of drug-likeness (QED) is 0.678. The second kappa shape index (κ2) is 7.72. The van der Waals surface area contributed by atoms with Crippen LogP contribution in [0.4, 0.5) is 0 Å². The summed E-state index contributed by atoms with van der Waals surface area (Å²) < 4.78 is 16.6. The molecule has 0 bridgehead atoms. The number of amides is 1. The summed E-state index contributed by atoms with van der Waals surface area (Å²) in [6, 6.07) is 11.4. The number of rotatable bonds is 7. The topological polar surface area (TPSA) is 82.6 Å². The highest BCUT2D eigenvalue weighted by Crippen LogP contribution is 2.35. The molecular formula is C21H21N3O4. The van der Waals surface area contributed by atoms with E-state index in [0.29, 0.717) is 46.5 Å². The predicted molar refractivity (Wildman–Crippen MR) is 104 cm³/mol. The molecule has 2 aromatic carbocycles. The fourth-order valence-electron chi connectivity index (χ4n) is 2.92. The van der Waals surface area contributed by atoms with Crippen molar-refractivity contribution in [1.29, 1.82) is 0 Å². The molecule has 0 radical (unpaired) electrons. The fraction of sp³-hybridized carbons (Fsp3) is 0.286. The van der Waals surface area contributed by atoms with Gasteiger partial charge in [-0.2, -0.15) is 0 Å². The molecule has 1 aliphatic carbocycles. The minimum atomic E-state index is 0.0546. The molecule has 7 nitrogen and oxygen atoms in total. The van der Waals surface area contributed by atoms with E-state index in [9.17, 15) is 4.79 Å². The molecule has 1 N–H and O–H groups in total. The van der Waals surface area contributed by atoms with Crippen LogP contribution in [0.15, 0.2) is 42.7 Å². The number of carbonyl (C=O) groups is 1. The molecule has 4 rings (SSSR count). The van der Waals surface area contributed by atoms with Crippen LogP contribution in [0.1, 0.15) is 18.4 Å². The summed E-state index contributed by atoms with van der Waals surface area (Å²) in [4.78, 5) is 20.4. The largest absolute Gasteiger partial charge is 0.493 e. The number of benzene rings is 2. The number of nitrogens with one attached hydrogen (secondary N) is 1. The summed E-state index contributed by atoms with van der Waals surface area (Å²) in [5.74, 6) is 2.27. The first-order valence-electron chi connectivity index (χ1n) is 9.09. The maximum absolute atomic E-state index is 11.9. The van der Waals surface area contributed by atoms with Crippen molar-refractivity contribution in [3.05, 3.63) is 48.3 Å². The van der Waals surface area contributed by atoms with Crippen LogP contribution in [0, 0.1) is 0 Å². The van der Waals surface area contributed by atoms with E-state index in [1.54, 1.807) is 26.4 Å². The molecule has 3 aromatic rings. The van der Waals surface area contributed by atoms with Gasteiger partial charge in [0.15, 0.2) is 11.5 Å². The smallest absolute Gasteiger partial charge is 0.230 e. The van der Waals surface area contributed by atoms with Crippen molar-refractivity contribution in [2.75, 3.05) is 14.2 Å². The zero-order valence-electron chi connectivity index (χ0n) is 15.8. The first-order chi connectivity index (χ1) is 13.7. The van der Waals surface area contributed by atoms with Gasteiger partial charge >= 0.3 is 0 Å². The van der Waals surface area contributed by atoms with E-state index in [4.69, 9.17) is 14.2 Å². The number of nitrogens with zero attached hydrogens (tertiary/aromatic N) is 2. The monoisotopic (exact) mass is 379 g/mol. The van der Waals surface area contributed by atoms with Gasteiger partial charge in [0.05, 0.1) is 31.5 Å². The van der Waals surface area contributed by atoms with E-state index in [0.717, 1.165) is 18.4 Å². The second-order valence-corrected chi connectivity index (χ2v) is 6.67. The molecule has 1 aromatic heterocycles. The summed E-state index contributed by atoms with van der Waals surface area (Å²) in [6.45, 7) is 0. The van der Waals surface area contributed by atoms with E-state index in [-0.39, 0.29) is 5.91 Å². The third-order valence-corrected chi connectivity index (χ3v) is 4.55. The molecule has 7 heteroatoms. The van der Waals surface area contributed by atoms with Gasteiger partial charge in [-0.3, -0.25) is 4.79 Å². The predicted octanol–water partition coefficient (Wildman–Crippen LogP) is 3.26. The molecular weight excluding hydrogens is 358 g/mol. The third-order valence-electron chi connectivity index (χ3n) is 4.55. The van der Waals surface area contributed by atoms with Crippen LogP contribution < -0.4 is 19.5 Å². The van der Waals surface area contributed by atoms with E-state index in [2.05, 4.69) is 15.3 Å². The lowest BCUT2D eigenvalue weighted by Crippen LogP contribution is -2.26. The SMILES string of the molecule is COc1cc2ncnc(Oc3ccc(CC(=O)NC4CC4)cc3)c2cc1OC. The van der Waals surface area contributed by atoms with Crippen LogP contribution in [0.2, 0.25) is 0 Å². The van der Waals surface area contributed by atoms with Gasteiger partial charge in [0.25, 0.3) is 0 Å². The first kappa shape index (κ1) is 18.0. The Bertz CT molecular complexity index is 1000. The summed E-state index contributed by atoms with van der Waals surface area (Å²) >= 11 is 0. The van der Waals surface area contributed by atoms with Crippen molar-refractivity contribution in [1.82, 2.24) is 15.3 Å². The van der Waals surface area contributed by atoms with Crippen molar-refractivity contribution in [2.24, 2.45) is 0 Å². The summed E-state index contributed by atoms with van der Waals surface area (Å²) in [5.41, 5.74) is 1.63.